The van der Waals surface area contributed by atoms with Crippen molar-refractivity contribution in [3.05, 3.63) is 34.9 Å². The van der Waals surface area contributed by atoms with Crippen LogP contribution in [0.2, 0.25) is 5.02 Å². The van der Waals surface area contributed by atoms with Gasteiger partial charge in [0, 0.05) is 23.7 Å². The first-order chi connectivity index (χ1) is 11.1. The Balaban J connectivity index is 1.79. The monoisotopic (exact) mass is 331 g/mol. The van der Waals surface area contributed by atoms with Gasteiger partial charge in [0.15, 0.2) is 0 Å². The van der Waals surface area contributed by atoms with Crippen LogP contribution in [0.5, 0.6) is 0 Å². The van der Waals surface area contributed by atoms with E-state index in [1.54, 1.807) is 34.1 Å². The maximum Gasteiger partial charge on any atom is 0.254 e. The molecule has 2 aliphatic heterocycles. The zero-order valence-electron chi connectivity index (χ0n) is 12.7. The molecule has 0 aromatic heterocycles. The van der Waals surface area contributed by atoms with Crippen LogP contribution in [-0.2, 0) is 4.79 Å². The maximum atomic E-state index is 12.8. The lowest BCUT2D eigenvalue weighted by Gasteiger charge is -2.29. The van der Waals surface area contributed by atoms with E-state index in [4.69, 9.17) is 11.6 Å². The Morgan fingerprint density at radius 3 is 2.65 bits per heavy atom. The summed E-state index contributed by atoms with van der Waals surface area (Å²) in [5, 5.41) is 9.67. The Morgan fingerprint density at radius 2 is 1.91 bits per heavy atom. The normalized spacial score (nSPS) is 23.8. The van der Waals surface area contributed by atoms with Crippen LogP contribution in [0.3, 0.4) is 0 Å². The summed E-state index contributed by atoms with van der Waals surface area (Å²) in [7, 11) is 0. The number of carbonyl (C=O) groups excluding carboxylic acids is 2. The summed E-state index contributed by atoms with van der Waals surface area (Å²) >= 11 is 5.95. The Labute approximate surface area is 140 Å². The lowest BCUT2D eigenvalue weighted by Crippen LogP contribution is -2.49. The van der Waals surface area contributed by atoms with E-state index in [9.17, 15) is 14.9 Å². The molecular weight excluding hydrogens is 314 g/mol. The fourth-order valence-electron chi connectivity index (χ4n) is 3.41. The average Bonchev–Trinajstić information content (AvgIpc) is 3.22. The van der Waals surface area contributed by atoms with E-state index in [1.807, 2.05) is 0 Å². The van der Waals surface area contributed by atoms with Crippen molar-refractivity contribution >= 4 is 23.4 Å². The predicted octanol–water partition coefficient (Wildman–Crippen LogP) is 2.46. The number of amides is 2. The first-order valence-electron chi connectivity index (χ1n) is 7.88. The highest BCUT2D eigenvalue weighted by Gasteiger charge is 2.40. The molecule has 3 rings (SSSR count). The van der Waals surface area contributed by atoms with Gasteiger partial charge in [-0.1, -0.05) is 17.7 Å². The van der Waals surface area contributed by atoms with Crippen molar-refractivity contribution < 1.29 is 9.59 Å². The van der Waals surface area contributed by atoms with E-state index in [0.717, 1.165) is 19.3 Å². The Kier molecular flexibility index (Phi) is 4.53. The van der Waals surface area contributed by atoms with Crippen molar-refractivity contribution in [3.63, 3.8) is 0 Å². The smallest absolute Gasteiger partial charge is 0.254 e. The van der Waals surface area contributed by atoms with Gasteiger partial charge >= 0.3 is 0 Å². The number of hydrogen-bond acceptors (Lipinski definition) is 3. The molecule has 120 valence electrons. The van der Waals surface area contributed by atoms with Crippen LogP contribution in [0.15, 0.2) is 24.3 Å². The molecule has 2 saturated heterocycles. The molecule has 5 nitrogen and oxygen atoms in total. The molecule has 0 bridgehead atoms. The number of benzene rings is 1. The lowest BCUT2D eigenvalue weighted by atomic mass is 10.1. The molecule has 23 heavy (non-hydrogen) atoms. The van der Waals surface area contributed by atoms with Crippen LogP contribution in [0.1, 0.15) is 36.0 Å². The number of rotatable bonds is 2. The first kappa shape index (κ1) is 15.8. The van der Waals surface area contributed by atoms with Crippen LogP contribution in [-0.4, -0.2) is 46.8 Å². The Morgan fingerprint density at radius 1 is 1.17 bits per heavy atom. The van der Waals surface area contributed by atoms with Crippen molar-refractivity contribution in [3.8, 4) is 6.07 Å². The van der Waals surface area contributed by atoms with E-state index >= 15 is 0 Å². The topological polar surface area (TPSA) is 64.4 Å². The van der Waals surface area contributed by atoms with Crippen molar-refractivity contribution in [2.75, 3.05) is 13.1 Å². The van der Waals surface area contributed by atoms with Crippen LogP contribution >= 0.6 is 11.6 Å². The maximum absolute atomic E-state index is 12.8. The van der Waals surface area contributed by atoms with Crippen molar-refractivity contribution in [1.29, 1.82) is 5.26 Å². The standard InChI is InChI=1S/C17H18ClN3O2/c18-13-5-1-4-12(10-13)16(22)21-9-3-7-15(21)17(23)20-8-2-6-14(20)11-19/h1,4-5,10,14-15H,2-3,6-9H2/t14-,15-/m0/s1. The van der Waals surface area contributed by atoms with Gasteiger partial charge in [-0.2, -0.15) is 5.26 Å². The van der Waals surface area contributed by atoms with E-state index in [1.165, 1.54) is 0 Å². The largest absolute Gasteiger partial charge is 0.327 e. The minimum Gasteiger partial charge on any atom is -0.327 e. The quantitative estimate of drug-likeness (QED) is 0.836. The molecular formula is C17H18ClN3O2. The van der Waals surface area contributed by atoms with Gasteiger partial charge in [-0.05, 0) is 43.9 Å². The molecule has 0 spiro atoms. The molecule has 2 aliphatic rings. The summed E-state index contributed by atoms with van der Waals surface area (Å²) in [6, 6.07) is 8.15. The third kappa shape index (κ3) is 3.04. The second kappa shape index (κ2) is 6.59. The van der Waals surface area contributed by atoms with Crippen LogP contribution in [0.25, 0.3) is 0 Å². The van der Waals surface area contributed by atoms with Gasteiger partial charge in [-0.25, -0.2) is 0 Å². The van der Waals surface area contributed by atoms with Gasteiger partial charge in [0.05, 0.1) is 6.07 Å². The number of likely N-dealkylation sites (tertiary alicyclic amines) is 2. The minimum absolute atomic E-state index is 0.0954. The molecule has 2 amide bonds. The van der Waals surface area contributed by atoms with Gasteiger partial charge in [-0.15, -0.1) is 0 Å². The molecule has 1 aromatic rings. The molecule has 0 N–H and O–H groups in total. The Bertz CT molecular complexity index is 670. The van der Waals surface area contributed by atoms with Crippen LogP contribution in [0, 0.1) is 11.3 Å². The van der Waals surface area contributed by atoms with Gasteiger partial charge in [0.1, 0.15) is 12.1 Å². The van der Waals surface area contributed by atoms with Crippen molar-refractivity contribution in [2.24, 2.45) is 0 Å². The first-order valence-corrected chi connectivity index (χ1v) is 8.26. The van der Waals surface area contributed by atoms with Crippen LogP contribution < -0.4 is 0 Å². The summed E-state index contributed by atoms with van der Waals surface area (Å²) in [5.74, 6) is -0.266. The predicted molar refractivity (Wildman–Crippen MR) is 85.9 cm³/mol. The lowest BCUT2D eigenvalue weighted by molar-refractivity contribution is -0.135. The number of carbonyl (C=O) groups is 2. The molecule has 0 saturated carbocycles. The third-order valence-electron chi connectivity index (χ3n) is 4.56. The SMILES string of the molecule is N#C[C@@H]1CCCN1C(=O)[C@@H]1CCCN1C(=O)c1cccc(Cl)c1. The van der Waals surface area contributed by atoms with E-state index in [2.05, 4.69) is 6.07 Å². The average molecular weight is 332 g/mol. The van der Waals surface area contributed by atoms with Gasteiger partial charge < -0.3 is 9.80 Å². The van der Waals surface area contributed by atoms with Crippen LogP contribution in [0.4, 0.5) is 0 Å². The van der Waals surface area contributed by atoms with E-state index < -0.39 is 6.04 Å². The second-order valence-corrected chi connectivity index (χ2v) is 6.42. The summed E-state index contributed by atoms with van der Waals surface area (Å²) in [6.07, 6.45) is 3.02. The van der Waals surface area contributed by atoms with Gasteiger partial charge in [0.2, 0.25) is 5.91 Å². The molecule has 6 heteroatoms. The number of halogens is 1. The summed E-state index contributed by atoms with van der Waals surface area (Å²) in [4.78, 5) is 28.8. The molecule has 0 radical (unpaired) electrons. The molecule has 0 aliphatic carbocycles. The minimum atomic E-state index is -0.463. The molecule has 0 unspecified atom stereocenters. The Hall–Kier alpha value is -2.06. The highest BCUT2D eigenvalue weighted by atomic mass is 35.5. The van der Waals surface area contributed by atoms with Crippen molar-refractivity contribution in [1.82, 2.24) is 9.80 Å². The number of nitrogens with zero attached hydrogens (tertiary/aromatic N) is 3. The van der Waals surface area contributed by atoms with Gasteiger partial charge in [0.25, 0.3) is 5.91 Å². The summed E-state index contributed by atoms with van der Waals surface area (Å²) in [6.45, 7) is 1.17. The molecule has 2 atom stereocenters. The molecule has 2 heterocycles. The number of hydrogen-bond donors (Lipinski definition) is 0. The molecule has 1 aromatic carbocycles. The van der Waals surface area contributed by atoms with Crippen molar-refractivity contribution in [2.45, 2.75) is 37.8 Å². The fourth-order valence-corrected chi connectivity index (χ4v) is 3.60. The summed E-state index contributed by atoms with van der Waals surface area (Å²) < 4.78 is 0. The molecule has 2 fully saturated rings. The highest BCUT2D eigenvalue weighted by Crippen LogP contribution is 2.26. The van der Waals surface area contributed by atoms with E-state index in [-0.39, 0.29) is 17.9 Å². The zero-order valence-corrected chi connectivity index (χ0v) is 13.5. The highest BCUT2D eigenvalue weighted by molar-refractivity contribution is 6.31. The summed E-state index contributed by atoms with van der Waals surface area (Å²) in [5.41, 5.74) is 0.496. The van der Waals surface area contributed by atoms with Gasteiger partial charge in [-0.3, -0.25) is 9.59 Å². The fraction of sp³-hybridized carbons (Fsp3) is 0.471. The second-order valence-electron chi connectivity index (χ2n) is 5.99. The van der Waals surface area contributed by atoms with E-state index in [0.29, 0.717) is 30.1 Å². The zero-order chi connectivity index (χ0) is 16.4. The number of nitriles is 1. The third-order valence-corrected chi connectivity index (χ3v) is 4.79.